The lowest BCUT2D eigenvalue weighted by atomic mass is 10.2. The number of nitrogens with one attached hydrogen (secondary N) is 2. The summed E-state index contributed by atoms with van der Waals surface area (Å²) in [5, 5.41) is 8.05. The third-order valence-electron chi connectivity index (χ3n) is 4.03. The maximum Gasteiger partial charge on any atom is 0.174 e. The van der Waals surface area contributed by atoms with Crippen molar-refractivity contribution in [2.24, 2.45) is 0 Å². The number of para-hydroxylation sites is 2. The van der Waals surface area contributed by atoms with Crippen LogP contribution in [0, 0.1) is 0 Å². The Labute approximate surface area is 167 Å². The van der Waals surface area contributed by atoms with E-state index in [0.717, 1.165) is 22.3 Å². The zero-order valence-electron chi connectivity index (χ0n) is 14.3. The van der Waals surface area contributed by atoms with Gasteiger partial charge in [0.05, 0.1) is 11.0 Å². The first-order chi connectivity index (χ1) is 13.2. The van der Waals surface area contributed by atoms with Crippen molar-refractivity contribution in [3.05, 3.63) is 88.4 Å². The number of nitrogens with zero attached hydrogens (tertiary/aromatic N) is 2. The van der Waals surface area contributed by atoms with Gasteiger partial charge in [-0.15, -0.1) is 0 Å². The third-order valence-corrected chi connectivity index (χ3v) is 4.52. The van der Waals surface area contributed by atoms with Crippen molar-refractivity contribution in [1.29, 1.82) is 0 Å². The lowest BCUT2D eigenvalue weighted by Gasteiger charge is -2.14. The highest BCUT2D eigenvalue weighted by Gasteiger charge is 2.09. The van der Waals surface area contributed by atoms with E-state index in [0.29, 0.717) is 28.2 Å². The molecule has 1 heterocycles. The summed E-state index contributed by atoms with van der Waals surface area (Å²) in [5.74, 6) is 1.31. The summed E-state index contributed by atoms with van der Waals surface area (Å²) in [7, 11) is 0. The van der Waals surface area contributed by atoms with Crippen molar-refractivity contribution in [2.45, 2.75) is 6.54 Å². The van der Waals surface area contributed by atoms with Gasteiger partial charge in [0.25, 0.3) is 0 Å². The summed E-state index contributed by atoms with van der Waals surface area (Å²) in [6.45, 7) is 0.606. The van der Waals surface area contributed by atoms with Gasteiger partial charge in [-0.25, -0.2) is 9.97 Å². The van der Waals surface area contributed by atoms with Crippen LogP contribution >= 0.6 is 23.2 Å². The van der Waals surface area contributed by atoms with E-state index in [-0.39, 0.29) is 0 Å². The molecular weight excluding hydrogens is 379 g/mol. The van der Waals surface area contributed by atoms with Gasteiger partial charge in [-0.05, 0) is 48.0 Å². The van der Waals surface area contributed by atoms with Gasteiger partial charge in [0.1, 0.15) is 0 Å². The smallest absolute Gasteiger partial charge is 0.174 e. The molecule has 6 heteroatoms. The highest BCUT2D eigenvalue weighted by atomic mass is 35.5. The van der Waals surface area contributed by atoms with Gasteiger partial charge in [0.2, 0.25) is 0 Å². The second-order valence-corrected chi connectivity index (χ2v) is 6.90. The quantitative estimate of drug-likeness (QED) is 0.417. The van der Waals surface area contributed by atoms with Gasteiger partial charge in [0, 0.05) is 22.3 Å². The second-order valence-electron chi connectivity index (χ2n) is 6.02. The average molecular weight is 395 g/mol. The Morgan fingerprint density at radius 2 is 1.41 bits per heavy atom. The molecule has 4 rings (SSSR count). The number of benzene rings is 3. The molecule has 0 atom stereocenters. The molecule has 0 aliphatic rings. The van der Waals surface area contributed by atoms with E-state index >= 15 is 0 Å². The maximum atomic E-state index is 6.10. The summed E-state index contributed by atoms with van der Waals surface area (Å²) in [4.78, 5) is 9.46. The molecule has 0 saturated heterocycles. The van der Waals surface area contributed by atoms with Gasteiger partial charge >= 0.3 is 0 Å². The third kappa shape index (κ3) is 4.30. The van der Waals surface area contributed by atoms with Crippen LogP contribution in [0.15, 0.2) is 72.8 Å². The fourth-order valence-electron chi connectivity index (χ4n) is 2.70. The first kappa shape index (κ1) is 17.6. The molecule has 0 bridgehead atoms. The molecule has 2 N–H and O–H groups in total. The summed E-state index contributed by atoms with van der Waals surface area (Å²) in [6.07, 6.45) is 0. The van der Waals surface area contributed by atoms with E-state index in [4.69, 9.17) is 33.2 Å². The highest BCUT2D eigenvalue weighted by molar-refractivity contribution is 6.31. The van der Waals surface area contributed by atoms with Crippen molar-refractivity contribution in [2.75, 3.05) is 10.6 Å². The molecule has 0 aliphatic carbocycles. The molecular formula is C21H16Cl2N4. The molecule has 0 radical (unpaired) electrons. The first-order valence-electron chi connectivity index (χ1n) is 8.45. The molecule has 4 aromatic rings. The van der Waals surface area contributed by atoms with E-state index in [1.807, 2.05) is 72.8 Å². The van der Waals surface area contributed by atoms with Crippen LogP contribution in [0.4, 0.5) is 17.3 Å². The Balaban J connectivity index is 1.67. The summed E-state index contributed by atoms with van der Waals surface area (Å²) < 4.78 is 0. The van der Waals surface area contributed by atoms with E-state index in [2.05, 4.69) is 10.6 Å². The van der Waals surface area contributed by atoms with Crippen molar-refractivity contribution in [3.63, 3.8) is 0 Å². The Bertz CT molecular complexity index is 1080. The second kappa shape index (κ2) is 7.82. The van der Waals surface area contributed by atoms with Gasteiger partial charge in [-0.2, -0.15) is 0 Å². The molecule has 0 spiro atoms. The number of rotatable bonds is 5. The minimum atomic E-state index is 0.606. The number of hydrogen-bond acceptors (Lipinski definition) is 4. The van der Waals surface area contributed by atoms with Crippen LogP contribution in [0.5, 0.6) is 0 Å². The number of aromatic nitrogens is 2. The van der Waals surface area contributed by atoms with E-state index < -0.39 is 0 Å². The van der Waals surface area contributed by atoms with Crippen LogP contribution in [0.1, 0.15) is 5.56 Å². The molecule has 27 heavy (non-hydrogen) atoms. The van der Waals surface area contributed by atoms with Crippen LogP contribution < -0.4 is 10.6 Å². The maximum absolute atomic E-state index is 6.10. The van der Waals surface area contributed by atoms with E-state index in [1.54, 1.807) is 0 Å². The number of halogens is 2. The normalized spacial score (nSPS) is 10.7. The van der Waals surface area contributed by atoms with E-state index in [1.165, 1.54) is 0 Å². The number of hydrogen-bond donors (Lipinski definition) is 2. The zero-order chi connectivity index (χ0) is 18.6. The van der Waals surface area contributed by atoms with Crippen LogP contribution in [-0.2, 0) is 6.54 Å². The highest BCUT2D eigenvalue weighted by Crippen LogP contribution is 2.26. The van der Waals surface area contributed by atoms with Crippen LogP contribution in [0.2, 0.25) is 10.0 Å². The molecule has 1 aromatic heterocycles. The molecule has 0 fully saturated rings. The minimum Gasteiger partial charge on any atom is -0.363 e. The van der Waals surface area contributed by atoms with Crippen molar-refractivity contribution < 1.29 is 0 Å². The topological polar surface area (TPSA) is 49.8 Å². The van der Waals surface area contributed by atoms with Gasteiger partial charge in [0.15, 0.2) is 11.6 Å². The fourth-order valence-corrected chi connectivity index (χ4v) is 3.02. The largest absolute Gasteiger partial charge is 0.363 e. The standard InChI is InChI=1S/C21H16Cl2N4/c22-15-10-8-14(9-11-15)13-24-20-21(25-17-5-3-4-16(23)12-17)27-19-7-2-1-6-18(19)26-20/h1-12H,13H2,(H,24,26)(H,25,27). The van der Waals surface area contributed by atoms with Crippen molar-refractivity contribution >= 4 is 51.6 Å². The average Bonchev–Trinajstić information content (AvgIpc) is 2.67. The predicted octanol–water partition coefficient (Wildman–Crippen LogP) is 6.29. The SMILES string of the molecule is Clc1ccc(CNc2nc3ccccc3nc2Nc2cccc(Cl)c2)cc1. The molecule has 3 aromatic carbocycles. The number of fused-ring (bicyclic) bond motifs is 1. The van der Waals surface area contributed by atoms with Crippen LogP contribution in [-0.4, -0.2) is 9.97 Å². The molecule has 134 valence electrons. The van der Waals surface area contributed by atoms with Gasteiger partial charge in [-0.1, -0.05) is 53.5 Å². The summed E-state index contributed by atoms with van der Waals surface area (Å²) >= 11 is 12.1. The minimum absolute atomic E-state index is 0.606. The Hall–Kier alpha value is -2.82. The van der Waals surface area contributed by atoms with Crippen molar-refractivity contribution in [3.8, 4) is 0 Å². The molecule has 4 nitrogen and oxygen atoms in total. The lowest BCUT2D eigenvalue weighted by Crippen LogP contribution is -2.07. The van der Waals surface area contributed by atoms with Crippen LogP contribution in [0.3, 0.4) is 0 Å². The summed E-state index contributed by atoms with van der Waals surface area (Å²) in [6, 6.07) is 23.0. The zero-order valence-corrected chi connectivity index (χ0v) is 15.8. The first-order valence-corrected chi connectivity index (χ1v) is 9.21. The predicted molar refractivity (Wildman–Crippen MR) is 113 cm³/mol. The van der Waals surface area contributed by atoms with Crippen LogP contribution in [0.25, 0.3) is 11.0 Å². The van der Waals surface area contributed by atoms with Gasteiger partial charge in [-0.3, -0.25) is 0 Å². The van der Waals surface area contributed by atoms with Gasteiger partial charge < -0.3 is 10.6 Å². The molecule has 0 saturated carbocycles. The number of anilines is 3. The monoisotopic (exact) mass is 394 g/mol. The lowest BCUT2D eigenvalue weighted by molar-refractivity contribution is 1.11. The molecule has 0 amide bonds. The molecule has 0 unspecified atom stereocenters. The Kier molecular flexibility index (Phi) is 5.10. The Morgan fingerprint density at radius 3 is 2.11 bits per heavy atom. The fraction of sp³-hybridized carbons (Fsp3) is 0.0476. The summed E-state index contributed by atoms with van der Waals surface area (Å²) in [5.41, 5.74) is 3.59. The van der Waals surface area contributed by atoms with E-state index in [9.17, 15) is 0 Å². The molecule has 0 aliphatic heterocycles. The Morgan fingerprint density at radius 1 is 0.704 bits per heavy atom. The van der Waals surface area contributed by atoms with Crippen molar-refractivity contribution in [1.82, 2.24) is 9.97 Å².